The zero-order chi connectivity index (χ0) is 17.8. The van der Waals surface area contributed by atoms with E-state index in [0.29, 0.717) is 6.61 Å². The van der Waals surface area contributed by atoms with Gasteiger partial charge in [-0.3, -0.25) is 9.36 Å². The Balaban J connectivity index is 1.87. The van der Waals surface area contributed by atoms with E-state index in [1.54, 1.807) is 7.11 Å². The quantitative estimate of drug-likeness (QED) is 0.716. The SMILES string of the molecule is COCCN(C)c1ccc2c(c1)ncn2-c1ccc(CC(N)=O)cc1. The maximum atomic E-state index is 11.0. The summed E-state index contributed by atoms with van der Waals surface area (Å²) in [6.07, 6.45) is 2.06. The summed E-state index contributed by atoms with van der Waals surface area (Å²) in [5.41, 5.74) is 10.2. The van der Waals surface area contributed by atoms with Crippen LogP contribution in [0.1, 0.15) is 5.56 Å². The zero-order valence-electron chi connectivity index (χ0n) is 14.5. The van der Waals surface area contributed by atoms with Gasteiger partial charge < -0.3 is 15.4 Å². The Labute approximate surface area is 146 Å². The smallest absolute Gasteiger partial charge is 0.221 e. The maximum absolute atomic E-state index is 11.0. The molecule has 2 N–H and O–H groups in total. The first-order valence-electron chi connectivity index (χ1n) is 8.13. The van der Waals surface area contributed by atoms with Crippen LogP contribution in [0.4, 0.5) is 5.69 Å². The summed E-state index contributed by atoms with van der Waals surface area (Å²) in [6.45, 7) is 1.50. The minimum atomic E-state index is -0.328. The molecule has 0 bridgehead atoms. The Hall–Kier alpha value is -2.86. The Morgan fingerprint density at radius 2 is 2.00 bits per heavy atom. The monoisotopic (exact) mass is 338 g/mol. The van der Waals surface area contributed by atoms with Gasteiger partial charge in [0.15, 0.2) is 0 Å². The molecule has 1 amide bonds. The van der Waals surface area contributed by atoms with Crippen LogP contribution >= 0.6 is 0 Å². The Bertz CT molecular complexity index is 871. The van der Waals surface area contributed by atoms with Gasteiger partial charge in [0.1, 0.15) is 6.33 Å². The molecule has 0 aliphatic heterocycles. The van der Waals surface area contributed by atoms with E-state index in [-0.39, 0.29) is 12.3 Å². The number of methoxy groups -OCH3 is 1. The maximum Gasteiger partial charge on any atom is 0.221 e. The number of carbonyl (C=O) groups is 1. The molecule has 0 aliphatic rings. The van der Waals surface area contributed by atoms with Crippen LogP contribution in [-0.4, -0.2) is 42.8 Å². The van der Waals surface area contributed by atoms with Crippen LogP contribution in [0.2, 0.25) is 0 Å². The number of nitrogens with two attached hydrogens (primary N) is 1. The third kappa shape index (κ3) is 3.80. The molecular formula is C19H22N4O2. The standard InChI is InChI=1S/C19H22N4O2/c1-22(9-10-25-2)16-7-8-18-17(12-16)21-13-23(18)15-5-3-14(4-6-15)11-19(20)24/h3-8,12-13H,9-11H2,1-2H3,(H2,20,24). The van der Waals surface area contributed by atoms with Crippen LogP contribution in [-0.2, 0) is 16.0 Å². The van der Waals surface area contributed by atoms with Gasteiger partial charge in [-0.05, 0) is 35.9 Å². The number of hydrogen-bond donors (Lipinski definition) is 1. The van der Waals surface area contributed by atoms with Gasteiger partial charge in [0.2, 0.25) is 5.91 Å². The molecular weight excluding hydrogens is 316 g/mol. The summed E-state index contributed by atoms with van der Waals surface area (Å²) in [5, 5.41) is 0. The lowest BCUT2D eigenvalue weighted by atomic mass is 10.1. The number of carbonyl (C=O) groups excluding carboxylic acids is 1. The minimum absolute atomic E-state index is 0.252. The third-order valence-electron chi connectivity index (χ3n) is 4.20. The predicted molar refractivity (Wildman–Crippen MR) is 99.1 cm³/mol. The molecule has 3 rings (SSSR count). The zero-order valence-corrected chi connectivity index (χ0v) is 14.5. The molecule has 0 aliphatic carbocycles. The number of anilines is 1. The van der Waals surface area contributed by atoms with Crippen molar-refractivity contribution >= 4 is 22.6 Å². The van der Waals surface area contributed by atoms with Crippen molar-refractivity contribution < 1.29 is 9.53 Å². The van der Waals surface area contributed by atoms with Crippen molar-refractivity contribution in [3.8, 4) is 5.69 Å². The molecule has 3 aromatic rings. The highest BCUT2D eigenvalue weighted by atomic mass is 16.5. The first-order chi connectivity index (χ1) is 12.1. The van der Waals surface area contributed by atoms with Gasteiger partial charge in [-0.1, -0.05) is 12.1 Å². The fraction of sp³-hybridized carbons (Fsp3) is 0.263. The number of nitrogens with zero attached hydrogens (tertiary/aromatic N) is 3. The normalized spacial score (nSPS) is 11.0. The molecule has 6 nitrogen and oxygen atoms in total. The fourth-order valence-electron chi connectivity index (χ4n) is 2.78. The van der Waals surface area contributed by atoms with Crippen molar-refractivity contribution in [1.29, 1.82) is 0 Å². The number of rotatable bonds is 7. The summed E-state index contributed by atoms with van der Waals surface area (Å²) in [4.78, 5) is 17.7. The van der Waals surface area contributed by atoms with E-state index in [0.717, 1.165) is 34.5 Å². The number of aromatic nitrogens is 2. The highest BCUT2D eigenvalue weighted by Gasteiger charge is 2.08. The van der Waals surface area contributed by atoms with E-state index < -0.39 is 0 Å². The highest BCUT2D eigenvalue weighted by Crippen LogP contribution is 2.23. The van der Waals surface area contributed by atoms with E-state index in [1.165, 1.54) is 0 Å². The number of ether oxygens (including phenoxy) is 1. The fourth-order valence-corrected chi connectivity index (χ4v) is 2.78. The molecule has 0 radical (unpaired) electrons. The second kappa shape index (κ2) is 7.36. The summed E-state index contributed by atoms with van der Waals surface area (Å²) in [7, 11) is 3.74. The van der Waals surface area contributed by atoms with Crippen molar-refractivity contribution in [2.24, 2.45) is 5.73 Å². The molecule has 0 saturated heterocycles. The average molecular weight is 338 g/mol. The average Bonchev–Trinajstić information content (AvgIpc) is 3.03. The van der Waals surface area contributed by atoms with Crippen LogP contribution in [0.15, 0.2) is 48.8 Å². The van der Waals surface area contributed by atoms with E-state index in [2.05, 4.69) is 28.1 Å². The second-order valence-corrected chi connectivity index (χ2v) is 6.01. The molecule has 1 heterocycles. The van der Waals surface area contributed by atoms with Gasteiger partial charge in [0.05, 0.1) is 24.1 Å². The van der Waals surface area contributed by atoms with Gasteiger partial charge in [-0.15, -0.1) is 0 Å². The lowest BCUT2D eigenvalue weighted by molar-refractivity contribution is -0.117. The number of fused-ring (bicyclic) bond motifs is 1. The predicted octanol–water partition coefficient (Wildman–Crippen LogP) is 2.14. The van der Waals surface area contributed by atoms with Gasteiger partial charge in [-0.2, -0.15) is 0 Å². The third-order valence-corrected chi connectivity index (χ3v) is 4.20. The van der Waals surface area contributed by atoms with Crippen molar-refractivity contribution in [1.82, 2.24) is 9.55 Å². The molecule has 0 spiro atoms. The van der Waals surface area contributed by atoms with E-state index >= 15 is 0 Å². The first kappa shape index (κ1) is 17.0. The Morgan fingerprint density at radius 1 is 1.24 bits per heavy atom. The topological polar surface area (TPSA) is 73.4 Å². The number of hydrogen-bond acceptors (Lipinski definition) is 4. The molecule has 1 aromatic heterocycles. The van der Waals surface area contributed by atoms with Crippen molar-refractivity contribution in [2.45, 2.75) is 6.42 Å². The van der Waals surface area contributed by atoms with Crippen LogP contribution in [0, 0.1) is 0 Å². The molecule has 130 valence electrons. The molecule has 0 unspecified atom stereocenters. The number of imidazole rings is 1. The van der Waals surface area contributed by atoms with Gasteiger partial charge >= 0.3 is 0 Å². The Morgan fingerprint density at radius 3 is 2.68 bits per heavy atom. The second-order valence-electron chi connectivity index (χ2n) is 6.01. The van der Waals surface area contributed by atoms with Gasteiger partial charge in [0, 0.05) is 32.1 Å². The number of primary amides is 1. The molecule has 0 atom stereocenters. The highest BCUT2D eigenvalue weighted by molar-refractivity contribution is 5.81. The minimum Gasteiger partial charge on any atom is -0.383 e. The van der Waals surface area contributed by atoms with Crippen LogP contribution in [0.3, 0.4) is 0 Å². The molecule has 2 aromatic carbocycles. The van der Waals surface area contributed by atoms with E-state index in [4.69, 9.17) is 10.5 Å². The van der Waals surface area contributed by atoms with Crippen molar-refractivity contribution in [3.63, 3.8) is 0 Å². The van der Waals surface area contributed by atoms with Crippen molar-refractivity contribution in [3.05, 3.63) is 54.4 Å². The van der Waals surface area contributed by atoms with Gasteiger partial charge in [0.25, 0.3) is 0 Å². The molecule has 6 heteroatoms. The lowest BCUT2D eigenvalue weighted by Crippen LogP contribution is -2.21. The largest absolute Gasteiger partial charge is 0.383 e. The Kier molecular flexibility index (Phi) is 5.00. The van der Waals surface area contributed by atoms with E-state index in [1.807, 2.05) is 42.2 Å². The van der Waals surface area contributed by atoms with Crippen LogP contribution < -0.4 is 10.6 Å². The van der Waals surface area contributed by atoms with Crippen LogP contribution in [0.25, 0.3) is 16.7 Å². The van der Waals surface area contributed by atoms with E-state index in [9.17, 15) is 4.79 Å². The molecule has 0 fully saturated rings. The summed E-state index contributed by atoms with van der Waals surface area (Å²) >= 11 is 0. The van der Waals surface area contributed by atoms with Crippen LogP contribution in [0.5, 0.6) is 0 Å². The molecule has 0 saturated carbocycles. The lowest BCUT2D eigenvalue weighted by Gasteiger charge is -2.18. The first-order valence-corrected chi connectivity index (χ1v) is 8.13. The van der Waals surface area contributed by atoms with Crippen molar-refractivity contribution in [2.75, 3.05) is 32.2 Å². The number of likely N-dealkylation sites (N-methyl/N-ethyl adjacent to an activating group) is 1. The summed E-state index contributed by atoms with van der Waals surface area (Å²) < 4.78 is 7.16. The summed E-state index contributed by atoms with van der Waals surface area (Å²) in [5.74, 6) is -0.328. The van der Waals surface area contributed by atoms with Gasteiger partial charge in [-0.25, -0.2) is 4.98 Å². The number of benzene rings is 2. The summed E-state index contributed by atoms with van der Waals surface area (Å²) in [6, 6.07) is 14.0. The number of amides is 1. The molecule has 25 heavy (non-hydrogen) atoms.